The molecule has 0 atom stereocenters. The van der Waals surface area contributed by atoms with E-state index in [1.165, 1.54) is 28.1 Å². The van der Waals surface area contributed by atoms with Crippen LogP contribution in [0.3, 0.4) is 0 Å². The maximum atomic E-state index is 13.6. The molecule has 0 unspecified atom stereocenters. The van der Waals surface area contributed by atoms with Crippen LogP contribution in [-0.2, 0) is 16.6 Å². The lowest BCUT2D eigenvalue weighted by Gasteiger charge is -2.36. The van der Waals surface area contributed by atoms with Crippen molar-refractivity contribution in [1.29, 1.82) is 0 Å². The number of carbonyl (C=O) groups excluding carboxylic acids is 1. The fourth-order valence-electron chi connectivity index (χ4n) is 6.03. The molecule has 6 aromatic rings. The smallest absolute Gasteiger partial charge is 0.268 e. The predicted molar refractivity (Wildman–Crippen MR) is 198 cm³/mol. The number of hydrogen-bond acceptors (Lipinski definition) is 8. The first-order valence-corrected chi connectivity index (χ1v) is 18.3. The molecule has 1 amide bonds. The van der Waals surface area contributed by atoms with E-state index in [9.17, 15) is 13.2 Å². The maximum absolute atomic E-state index is 13.6. The lowest BCUT2D eigenvalue weighted by molar-refractivity contribution is 0.0979. The molecule has 7 rings (SSSR count). The fraction of sp³-hybridized carbons (Fsp3) is 0.154. The summed E-state index contributed by atoms with van der Waals surface area (Å²) in [7, 11) is -4.20. The van der Waals surface area contributed by atoms with E-state index in [-0.39, 0.29) is 16.2 Å². The second-order valence-corrected chi connectivity index (χ2v) is 14.3. The number of nitrogens with one attached hydrogen (secondary N) is 1. The highest BCUT2D eigenvalue weighted by Gasteiger charge is 2.24. The van der Waals surface area contributed by atoms with Gasteiger partial charge in [0.1, 0.15) is 11.5 Å². The van der Waals surface area contributed by atoms with Gasteiger partial charge in [0.2, 0.25) is 0 Å². The number of aryl methyl sites for hydroxylation is 1. The summed E-state index contributed by atoms with van der Waals surface area (Å²) in [6.45, 7) is 5.81. The van der Waals surface area contributed by atoms with Gasteiger partial charge in [-0.15, -0.1) is 0 Å². The SMILES string of the molecule is Cc1cnn(-c2ccc(S(=O)(=O)NC(=O)c3ccc(N4CCN(Cc5ccccc5-c5ccc(Cl)cc5)CC4)cc3Oc3ccccc3)cc2)n1. The van der Waals surface area contributed by atoms with Gasteiger partial charge in [0.25, 0.3) is 15.9 Å². The molecule has 1 aliphatic heterocycles. The van der Waals surface area contributed by atoms with E-state index < -0.39 is 15.9 Å². The molecular weight excluding hydrogens is 684 g/mol. The Morgan fingerprint density at radius 1 is 0.824 bits per heavy atom. The van der Waals surface area contributed by atoms with Crippen LogP contribution in [0.1, 0.15) is 21.6 Å². The average Bonchev–Trinajstić information content (AvgIpc) is 3.59. The van der Waals surface area contributed by atoms with Crippen molar-refractivity contribution in [1.82, 2.24) is 24.6 Å². The molecule has 10 nitrogen and oxygen atoms in total. The van der Waals surface area contributed by atoms with Gasteiger partial charge in [0.15, 0.2) is 0 Å². The van der Waals surface area contributed by atoms with Gasteiger partial charge < -0.3 is 9.64 Å². The molecule has 0 aliphatic carbocycles. The zero-order chi connectivity index (χ0) is 35.4. The minimum atomic E-state index is -4.20. The summed E-state index contributed by atoms with van der Waals surface area (Å²) in [5.41, 5.74) is 5.86. The van der Waals surface area contributed by atoms with Gasteiger partial charge in [-0.2, -0.15) is 15.0 Å². The van der Waals surface area contributed by atoms with Crippen molar-refractivity contribution in [2.45, 2.75) is 18.4 Å². The Bertz CT molecular complexity index is 2250. The molecule has 1 aromatic heterocycles. The third-order valence-electron chi connectivity index (χ3n) is 8.70. The van der Waals surface area contributed by atoms with Crippen molar-refractivity contribution in [2.75, 3.05) is 31.1 Å². The summed E-state index contributed by atoms with van der Waals surface area (Å²) in [6.07, 6.45) is 1.61. The first-order valence-electron chi connectivity index (χ1n) is 16.5. The Hall–Kier alpha value is -5.49. The Kier molecular flexibility index (Phi) is 9.85. The maximum Gasteiger partial charge on any atom is 0.268 e. The van der Waals surface area contributed by atoms with Crippen LogP contribution in [0.4, 0.5) is 5.69 Å². The number of para-hydroxylation sites is 1. The molecule has 5 aromatic carbocycles. The van der Waals surface area contributed by atoms with Crippen molar-refractivity contribution in [3.8, 4) is 28.3 Å². The van der Waals surface area contributed by atoms with Gasteiger partial charge in [-0.05, 0) is 84.3 Å². The topological polar surface area (TPSA) is 110 Å². The summed E-state index contributed by atoms with van der Waals surface area (Å²) >= 11 is 6.13. The fourth-order valence-corrected chi connectivity index (χ4v) is 7.12. The summed E-state index contributed by atoms with van der Waals surface area (Å²) in [5.74, 6) is -0.0277. The molecule has 1 saturated heterocycles. The number of nitrogens with zero attached hydrogens (tertiary/aromatic N) is 5. The van der Waals surface area contributed by atoms with E-state index in [1.807, 2.05) is 55.5 Å². The summed E-state index contributed by atoms with van der Waals surface area (Å²) in [5, 5.41) is 9.11. The van der Waals surface area contributed by atoms with E-state index in [0.717, 1.165) is 49.7 Å². The van der Waals surface area contributed by atoms with E-state index in [4.69, 9.17) is 16.3 Å². The first kappa shape index (κ1) is 34.0. The van der Waals surface area contributed by atoms with Crippen LogP contribution in [0, 0.1) is 6.92 Å². The summed E-state index contributed by atoms with van der Waals surface area (Å²) < 4.78 is 35.0. The number of benzene rings is 5. The van der Waals surface area contributed by atoms with Gasteiger partial charge >= 0.3 is 0 Å². The van der Waals surface area contributed by atoms with Crippen LogP contribution >= 0.6 is 11.6 Å². The van der Waals surface area contributed by atoms with Crippen molar-refractivity contribution >= 4 is 33.2 Å². The van der Waals surface area contributed by atoms with Crippen LogP contribution in [0.25, 0.3) is 16.8 Å². The van der Waals surface area contributed by atoms with Crippen LogP contribution in [-0.4, -0.2) is 60.4 Å². The highest BCUT2D eigenvalue weighted by atomic mass is 35.5. The molecule has 12 heteroatoms. The number of anilines is 1. The molecular formula is C39H35ClN6O4S. The minimum Gasteiger partial charge on any atom is -0.456 e. The average molecular weight is 719 g/mol. The van der Waals surface area contributed by atoms with Crippen molar-refractivity contribution < 1.29 is 17.9 Å². The van der Waals surface area contributed by atoms with Crippen LogP contribution in [0.2, 0.25) is 5.02 Å². The molecule has 51 heavy (non-hydrogen) atoms. The number of ether oxygens (including phenoxy) is 1. The molecule has 1 N–H and O–H groups in total. The molecule has 1 aliphatic rings. The van der Waals surface area contributed by atoms with Gasteiger partial charge in [-0.1, -0.05) is 66.2 Å². The van der Waals surface area contributed by atoms with Gasteiger partial charge in [-0.3, -0.25) is 9.69 Å². The molecule has 2 heterocycles. The minimum absolute atomic E-state index is 0.0701. The Balaban J connectivity index is 1.06. The number of rotatable bonds is 10. The van der Waals surface area contributed by atoms with Gasteiger partial charge in [0.05, 0.1) is 28.0 Å². The zero-order valence-corrected chi connectivity index (χ0v) is 29.4. The van der Waals surface area contributed by atoms with E-state index in [0.29, 0.717) is 16.5 Å². The number of halogens is 1. The van der Waals surface area contributed by atoms with E-state index >= 15 is 0 Å². The Morgan fingerprint density at radius 2 is 1.51 bits per heavy atom. The van der Waals surface area contributed by atoms with Crippen molar-refractivity contribution in [3.63, 3.8) is 0 Å². The molecule has 0 saturated carbocycles. The van der Waals surface area contributed by atoms with E-state index in [2.05, 4.69) is 49.0 Å². The lowest BCUT2D eigenvalue weighted by Crippen LogP contribution is -2.46. The largest absolute Gasteiger partial charge is 0.456 e. The van der Waals surface area contributed by atoms with Crippen molar-refractivity contribution in [2.24, 2.45) is 0 Å². The van der Waals surface area contributed by atoms with Crippen LogP contribution < -0.4 is 14.4 Å². The number of amides is 1. The Morgan fingerprint density at radius 3 is 2.22 bits per heavy atom. The van der Waals surface area contributed by atoms with Gasteiger partial charge in [0, 0.05) is 49.5 Å². The third-order valence-corrected chi connectivity index (χ3v) is 10.3. The standard InChI is InChI=1S/C39H35ClN6O4S/c1-28-26-41-46(42-28)32-15-18-35(19-16-32)51(48,49)43-39(47)37-20-17-33(25-38(37)50-34-8-3-2-4-9-34)45-23-21-44(22-24-45)27-30-7-5-6-10-36(30)29-11-13-31(40)14-12-29/h2-20,25-26H,21-24,27H2,1H3,(H,43,47). The second kappa shape index (κ2) is 14.8. The number of sulfonamides is 1. The molecule has 0 spiro atoms. The lowest BCUT2D eigenvalue weighted by atomic mass is 9.99. The number of carbonyl (C=O) groups is 1. The third kappa shape index (κ3) is 7.96. The number of hydrogen-bond donors (Lipinski definition) is 1. The second-order valence-electron chi connectivity index (χ2n) is 12.2. The number of aromatic nitrogens is 3. The predicted octanol–water partition coefficient (Wildman–Crippen LogP) is 7.13. The van der Waals surface area contributed by atoms with Crippen LogP contribution in [0.5, 0.6) is 11.5 Å². The molecule has 1 fully saturated rings. The first-order chi connectivity index (χ1) is 24.7. The molecule has 0 bridgehead atoms. The number of piperazine rings is 1. The molecule has 258 valence electrons. The van der Waals surface area contributed by atoms with Gasteiger partial charge in [-0.25, -0.2) is 13.1 Å². The van der Waals surface area contributed by atoms with Crippen LogP contribution in [0.15, 0.2) is 132 Å². The Labute approximate surface area is 301 Å². The quantitative estimate of drug-likeness (QED) is 0.159. The normalized spacial score (nSPS) is 13.6. The molecule has 0 radical (unpaired) electrons. The highest BCUT2D eigenvalue weighted by Crippen LogP contribution is 2.32. The monoisotopic (exact) mass is 718 g/mol. The van der Waals surface area contributed by atoms with Crippen molar-refractivity contribution in [3.05, 3.63) is 149 Å². The highest BCUT2D eigenvalue weighted by molar-refractivity contribution is 7.90. The summed E-state index contributed by atoms with van der Waals surface area (Å²) in [4.78, 5) is 19.6. The summed E-state index contributed by atoms with van der Waals surface area (Å²) in [6, 6.07) is 36.7. The zero-order valence-electron chi connectivity index (χ0n) is 27.8. The van der Waals surface area contributed by atoms with E-state index in [1.54, 1.807) is 42.6 Å².